The molecule has 1 aromatic heterocycles. The predicted octanol–water partition coefficient (Wildman–Crippen LogP) is 4.11. The molecular weight excluding hydrogens is 346 g/mol. The quantitative estimate of drug-likeness (QED) is 0.746. The van der Waals surface area contributed by atoms with Crippen LogP contribution in [0, 0.1) is 0 Å². The maximum Gasteiger partial charge on any atom is 0.240 e. The third-order valence-electron chi connectivity index (χ3n) is 3.66. The molecule has 0 bridgehead atoms. The van der Waals surface area contributed by atoms with Crippen LogP contribution in [0.1, 0.15) is 25.8 Å². The van der Waals surface area contributed by atoms with Crippen molar-refractivity contribution in [2.24, 2.45) is 0 Å². The minimum atomic E-state index is -0.159. The van der Waals surface area contributed by atoms with E-state index in [1.54, 1.807) is 23.1 Å². The Morgan fingerprint density at radius 2 is 2.13 bits per heavy atom. The summed E-state index contributed by atoms with van der Waals surface area (Å²) in [6.07, 6.45) is 2.08. The molecule has 1 aliphatic rings. The number of hydrogen-bond donors (Lipinski definition) is 0. The Morgan fingerprint density at radius 3 is 2.96 bits per heavy atom. The highest BCUT2D eigenvalue weighted by molar-refractivity contribution is 8.03. The maximum atomic E-state index is 12.9. The number of hydrogen-bond acceptors (Lipinski definition) is 6. The molecule has 122 valence electrons. The summed E-state index contributed by atoms with van der Waals surface area (Å²) in [5, 5.41) is 8.18. The lowest BCUT2D eigenvalue weighted by molar-refractivity contribution is -0.117. The van der Waals surface area contributed by atoms with Crippen molar-refractivity contribution < 1.29 is 4.79 Å². The van der Waals surface area contributed by atoms with E-state index >= 15 is 0 Å². The van der Waals surface area contributed by atoms with E-state index in [0.717, 1.165) is 39.5 Å². The SMILES string of the molecule is CCSc1nnc(SC(C)C(=O)N2CCCc3ccccc32)s1. The molecule has 1 aromatic carbocycles. The third kappa shape index (κ3) is 3.89. The van der Waals surface area contributed by atoms with Crippen molar-refractivity contribution in [3.8, 4) is 0 Å². The fraction of sp³-hybridized carbons (Fsp3) is 0.438. The number of anilines is 1. The van der Waals surface area contributed by atoms with Gasteiger partial charge >= 0.3 is 0 Å². The van der Waals surface area contributed by atoms with Crippen LogP contribution < -0.4 is 4.90 Å². The van der Waals surface area contributed by atoms with E-state index in [-0.39, 0.29) is 11.2 Å². The molecule has 0 N–H and O–H groups in total. The molecule has 1 aliphatic heterocycles. The van der Waals surface area contributed by atoms with Crippen molar-refractivity contribution in [3.63, 3.8) is 0 Å². The van der Waals surface area contributed by atoms with Gasteiger partial charge in [-0.05, 0) is 37.1 Å². The van der Waals surface area contributed by atoms with Crippen LogP contribution in [0.25, 0.3) is 0 Å². The number of amides is 1. The summed E-state index contributed by atoms with van der Waals surface area (Å²) in [5.41, 5.74) is 2.33. The molecule has 0 saturated carbocycles. The minimum absolute atomic E-state index is 0.155. The summed E-state index contributed by atoms with van der Waals surface area (Å²) < 4.78 is 1.84. The summed E-state index contributed by atoms with van der Waals surface area (Å²) in [7, 11) is 0. The number of aryl methyl sites for hydroxylation is 1. The van der Waals surface area contributed by atoms with Crippen LogP contribution in [0.2, 0.25) is 0 Å². The average molecular weight is 366 g/mol. The van der Waals surface area contributed by atoms with Gasteiger partial charge in [0.25, 0.3) is 0 Å². The van der Waals surface area contributed by atoms with Crippen LogP contribution in [0.3, 0.4) is 0 Å². The lowest BCUT2D eigenvalue weighted by atomic mass is 10.0. The van der Waals surface area contributed by atoms with Crippen molar-refractivity contribution in [3.05, 3.63) is 29.8 Å². The number of benzene rings is 1. The van der Waals surface area contributed by atoms with Crippen LogP contribution in [-0.4, -0.2) is 33.7 Å². The monoisotopic (exact) mass is 365 g/mol. The fourth-order valence-electron chi connectivity index (χ4n) is 2.61. The van der Waals surface area contributed by atoms with Crippen molar-refractivity contribution in [1.29, 1.82) is 0 Å². The number of carbonyl (C=O) groups excluding carboxylic acids is 1. The van der Waals surface area contributed by atoms with Gasteiger partial charge in [-0.25, -0.2) is 0 Å². The minimum Gasteiger partial charge on any atom is -0.311 e. The summed E-state index contributed by atoms with van der Waals surface area (Å²) in [6, 6.07) is 8.21. The second-order valence-corrected chi connectivity index (χ2v) is 9.33. The number of thioether (sulfide) groups is 2. The van der Waals surface area contributed by atoms with Gasteiger partial charge in [0.1, 0.15) is 0 Å². The third-order valence-corrected chi connectivity index (χ3v) is 6.77. The second-order valence-electron chi connectivity index (χ2n) is 5.25. The van der Waals surface area contributed by atoms with Gasteiger partial charge < -0.3 is 4.90 Å². The fourth-order valence-corrected chi connectivity index (χ4v) is 5.73. The summed E-state index contributed by atoms with van der Waals surface area (Å²) in [5.74, 6) is 1.14. The van der Waals surface area contributed by atoms with E-state index < -0.39 is 0 Å². The summed E-state index contributed by atoms with van der Waals surface area (Å²) >= 11 is 4.76. The molecule has 3 rings (SSSR count). The number of carbonyl (C=O) groups is 1. The highest BCUT2D eigenvalue weighted by Gasteiger charge is 2.27. The topological polar surface area (TPSA) is 46.1 Å². The predicted molar refractivity (Wildman–Crippen MR) is 98.7 cm³/mol. The number of fused-ring (bicyclic) bond motifs is 1. The lowest BCUT2D eigenvalue weighted by Crippen LogP contribution is -2.40. The van der Waals surface area contributed by atoms with Gasteiger partial charge in [0.15, 0.2) is 8.68 Å². The largest absolute Gasteiger partial charge is 0.311 e. The van der Waals surface area contributed by atoms with Gasteiger partial charge in [-0.3, -0.25) is 4.79 Å². The second kappa shape index (κ2) is 7.68. The zero-order valence-corrected chi connectivity index (χ0v) is 15.6. The van der Waals surface area contributed by atoms with E-state index in [4.69, 9.17) is 0 Å². The van der Waals surface area contributed by atoms with Gasteiger partial charge in [-0.15, -0.1) is 10.2 Å². The summed E-state index contributed by atoms with van der Waals surface area (Å²) in [6.45, 7) is 4.85. The highest BCUT2D eigenvalue weighted by Crippen LogP contribution is 2.33. The van der Waals surface area contributed by atoms with Crippen molar-refractivity contribution >= 4 is 46.5 Å². The van der Waals surface area contributed by atoms with E-state index in [2.05, 4.69) is 23.2 Å². The number of rotatable bonds is 5. The molecule has 7 heteroatoms. The van der Waals surface area contributed by atoms with Crippen LogP contribution in [0.15, 0.2) is 32.9 Å². The van der Waals surface area contributed by atoms with E-state index in [1.807, 2.05) is 30.0 Å². The van der Waals surface area contributed by atoms with Gasteiger partial charge in [0, 0.05) is 12.2 Å². The molecule has 0 aliphatic carbocycles. The van der Waals surface area contributed by atoms with Crippen molar-refractivity contribution in [1.82, 2.24) is 10.2 Å². The Hall–Kier alpha value is -1.05. The van der Waals surface area contributed by atoms with E-state index in [9.17, 15) is 4.79 Å². The van der Waals surface area contributed by atoms with Crippen LogP contribution in [0.4, 0.5) is 5.69 Å². The molecular formula is C16H19N3OS3. The molecule has 4 nitrogen and oxygen atoms in total. The Morgan fingerprint density at radius 1 is 1.35 bits per heavy atom. The van der Waals surface area contributed by atoms with Crippen molar-refractivity contribution in [2.75, 3.05) is 17.2 Å². The standard InChI is InChI=1S/C16H19N3OS3/c1-3-21-15-17-18-16(23-15)22-11(2)14(20)19-10-6-8-12-7-4-5-9-13(12)19/h4-5,7,9,11H,3,6,8,10H2,1-2H3. The average Bonchev–Trinajstić information content (AvgIpc) is 3.01. The zero-order chi connectivity index (χ0) is 16.2. The van der Waals surface area contributed by atoms with E-state index in [0.29, 0.717) is 0 Å². The van der Waals surface area contributed by atoms with Gasteiger partial charge in [-0.1, -0.05) is 60.0 Å². The van der Waals surface area contributed by atoms with Crippen molar-refractivity contribution in [2.45, 2.75) is 40.6 Å². The van der Waals surface area contributed by atoms with Crippen LogP contribution >= 0.6 is 34.9 Å². The first-order valence-corrected chi connectivity index (χ1v) is 10.4. The molecule has 0 saturated heterocycles. The molecule has 0 radical (unpaired) electrons. The number of aromatic nitrogens is 2. The molecule has 1 unspecified atom stereocenters. The molecule has 2 heterocycles. The van der Waals surface area contributed by atoms with Crippen LogP contribution in [0.5, 0.6) is 0 Å². The molecule has 0 fully saturated rings. The molecule has 23 heavy (non-hydrogen) atoms. The Bertz CT molecular complexity index is 689. The number of nitrogens with zero attached hydrogens (tertiary/aromatic N) is 3. The molecule has 0 spiro atoms. The smallest absolute Gasteiger partial charge is 0.240 e. The Labute approximate surface area is 149 Å². The molecule has 1 amide bonds. The first-order valence-electron chi connectivity index (χ1n) is 7.71. The van der Waals surface area contributed by atoms with Gasteiger partial charge in [0.2, 0.25) is 5.91 Å². The van der Waals surface area contributed by atoms with E-state index in [1.165, 1.54) is 17.3 Å². The zero-order valence-electron chi connectivity index (χ0n) is 13.2. The number of para-hydroxylation sites is 1. The highest BCUT2D eigenvalue weighted by atomic mass is 32.2. The van der Waals surface area contributed by atoms with Gasteiger partial charge in [-0.2, -0.15) is 0 Å². The first kappa shape index (κ1) is 16.8. The first-order chi connectivity index (χ1) is 11.2. The normalized spacial score (nSPS) is 15.3. The Kier molecular flexibility index (Phi) is 5.61. The summed E-state index contributed by atoms with van der Waals surface area (Å²) in [4.78, 5) is 14.8. The van der Waals surface area contributed by atoms with Crippen LogP contribution in [-0.2, 0) is 11.2 Å². The maximum absolute atomic E-state index is 12.9. The lowest BCUT2D eigenvalue weighted by Gasteiger charge is -2.31. The van der Waals surface area contributed by atoms with Gasteiger partial charge in [0.05, 0.1) is 5.25 Å². The Balaban J connectivity index is 1.70. The molecule has 1 atom stereocenters. The molecule has 2 aromatic rings.